The predicted molar refractivity (Wildman–Crippen MR) is 143 cm³/mol. The summed E-state index contributed by atoms with van der Waals surface area (Å²) in [5, 5.41) is 18.1. The van der Waals surface area contributed by atoms with Crippen LogP contribution < -0.4 is 15.0 Å². The third-order valence-electron chi connectivity index (χ3n) is 7.31. The van der Waals surface area contributed by atoms with E-state index >= 15 is 0 Å². The van der Waals surface area contributed by atoms with E-state index in [2.05, 4.69) is 46.1 Å². The van der Waals surface area contributed by atoms with Gasteiger partial charge in [0, 0.05) is 25.6 Å². The van der Waals surface area contributed by atoms with E-state index in [-0.39, 0.29) is 11.8 Å². The number of ether oxygens (including phenoxy) is 1. The molecular formula is C27H39N7O2. The second kappa shape index (κ2) is 11.7. The first kappa shape index (κ1) is 25.9. The van der Waals surface area contributed by atoms with E-state index in [1.54, 1.807) is 7.11 Å². The summed E-state index contributed by atoms with van der Waals surface area (Å²) in [6, 6.07) is 7.87. The van der Waals surface area contributed by atoms with Crippen LogP contribution in [0.1, 0.15) is 44.5 Å². The van der Waals surface area contributed by atoms with Gasteiger partial charge in [-0.2, -0.15) is 10.2 Å². The molecule has 9 nitrogen and oxygen atoms in total. The molecule has 9 heteroatoms. The van der Waals surface area contributed by atoms with Crippen LogP contribution in [0.3, 0.4) is 0 Å². The van der Waals surface area contributed by atoms with Crippen LogP contribution in [0, 0.1) is 19.8 Å². The van der Waals surface area contributed by atoms with Crippen LogP contribution in [0.4, 0.5) is 5.82 Å². The summed E-state index contributed by atoms with van der Waals surface area (Å²) in [4.78, 5) is 17.3. The summed E-state index contributed by atoms with van der Waals surface area (Å²) in [5.41, 5.74) is 3.72. The van der Waals surface area contributed by atoms with Crippen LogP contribution in [0.5, 0.6) is 5.75 Å². The summed E-state index contributed by atoms with van der Waals surface area (Å²) >= 11 is 0. The van der Waals surface area contributed by atoms with Crippen LogP contribution in [0.25, 0.3) is 16.6 Å². The van der Waals surface area contributed by atoms with Crippen molar-refractivity contribution in [2.75, 3.05) is 51.3 Å². The van der Waals surface area contributed by atoms with Gasteiger partial charge in [0.15, 0.2) is 5.82 Å². The van der Waals surface area contributed by atoms with E-state index in [1.807, 2.05) is 35.9 Å². The zero-order chi connectivity index (χ0) is 25.7. The minimum absolute atomic E-state index is 0.0437. The number of hydrogen-bond acceptors (Lipinski definition) is 7. The van der Waals surface area contributed by atoms with Gasteiger partial charge in [-0.15, -0.1) is 5.10 Å². The van der Waals surface area contributed by atoms with Gasteiger partial charge in [-0.1, -0.05) is 13.8 Å². The Labute approximate surface area is 213 Å². The Balaban J connectivity index is 1.43. The molecule has 1 fully saturated rings. The van der Waals surface area contributed by atoms with Crippen molar-refractivity contribution in [3.05, 3.63) is 35.7 Å². The lowest BCUT2D eigenvalue weighted by Crippen LogP contribution is -2.41. The number of piperidine rings is 1. The minimum Gasteiger partial charge on any atom is -0.497 e. The highest BCUT2D eigenvalue weighted by atomic mass is 16.5. The molecule has 3 heterocycles. The molecular weight excluding hydrogens is 454 g/mol. The molecule has 0 saturated carbocycles. The van der Waals surface area contributed by atoms with Gasteiger partial charge in [-0.05, 0) is 77.0 Å². The molecule has 4 rings (SSSR count). The Hall–Kier alpha value is -3.20. The van der Waals surface area contributed by atoms with Crippen molar-refractivity contribution in [1.82, 2.24) is 30.2 Å². The van der Waals surface area contributed by atoms with Crippen LogP contribution in [0.15, 0.2) is 24.3 Å². The first-order chi connectivity index (χ1) is 17.5. The fourth-order valence-corrected chi connectivity index (χ4v) is 5.05. The molecule has 0 unspecified atom stereocenters. The van der Waals surface area contributed by atoms with Crippen LogP contribution in [-0.2, 0) is 4.79 Å². The molecule has 36 heavy (non-hydrogen) atoms. The number of nitrogens with one attached hydrogen (secondary N) is 1. The third kappa shape index (κ3) is 5.46. The maximum absolute atomic E-state index is 12.7. The van der Waals surface area contributed by atoms with Crippen LogP contribution >= 0.6 is 0 Å². The summed E-state index contributed by atoms with van der Waals surface area (Å²) < 4.78 is 7.24. The fourth-order valence-electron chi connectivity index (χ4n) is 5.05. The topological polar surface area (TPSA) is 88.4 Å². The standard InChI is InChI=1S/C27H39N7O2/c1-6-32(7-2)16-8-15-28-27(35)21-13-17-33(18-14-21)26-25-24(19(3)29-30-26)20(4)34(31-25)22-9-11-23(36-5)12-10-22/h9-12,21H,6-8,13-18H2,1-5H3,(H,28,35). The van der Waals surface area contributed by atoms with Crippen LogP contribution in [-0.4, -0.2) is 77.2 Å². The first-order valence-electron chi connectivity index (χ1n) is 13.1. The number of anilines is 1. The summed E-state index contributed by atoms with van der Waals surface area (Å²) in [6.45, 7) is 13.8. The highest BCUT2D eigenvalue weighted by Gasteiger charge is 2.28. The highest BCUT2D eigenvalue weighted by Crippen LogP contribution is 2.31. The summed E-state index contributed by atoms with van der Waals surface area (Å²) in [5.74, 6) is 1.82. The lowest BCUT2D eigenvalue weighted by atomic mass is 9.95. The Kier molecular flexibility index (Phi) is 8.40. The van der Waals surface area contributed by atoms with Gasteiger partial charge in [-0.25, -0.2) is 4.68 Å². The summed E-state index contributed by atoms with van der Waals surface area (Å²) in [7, 11) is 1.66. The van der Waals surface area contributed by atoms with Crippen molar-refractivity contribution in [1.29, 1.82) is 0 Å². The van der Waals surface area contributed by atoms with Crippen molar-refractivity contribution < 1.29 is 9.53 Å². The number of nitrogens with zero attached hydrogens (tertiary/aromatic N) is 6. The smallest absolute Gasteiger partial charge is 0.223 e. The van der Waals surface area contributed by atoms with Gasteiger partial charge in [0.1, 0.15) is 11.3 Å². The first-order valence-corrected chi connectivity index (χ1v) is 13.1. The number of rotatable bonds is 10. The third-order valence-corrected chi connectivity index (χ3v) is 7.31. The lowest BCUT2D eigenvalue weighted by Gasteiger charge is -2.32. The highest BCUT2D eigenvalue weighted by molar-refractivity contribution is 5.92. The molecule has 1 aromatic carbocycles. The molecule has 1 N–H and O–H groups in total. The van der Waals surface area contributed by atoms with Gasteiger partial charge in [0.25, 0.3) is 0 Å². The number of benzene rings is 1. The molecule has 1 amide bonds. The lowest BCUT2D eigenvalue weighted by molar-refractivity contribution is -0.125. The maximum atomic E-state index is 12.7. The van der Waals surface area contributed by atoms with Crippen molar-refractivity contribution >= 4 is 22.6 Å². The number of carbonyl (C=O) groups excluding carboxylic acids is 1. The Morgan fingerprint density at radius 2 is 1.81 bits per heavy atom. The second-order valence-corrected chi connectivity index (χ2v) is 9.46. The van der Waals surface area contributed by atoms with Crippen molar-refractivity contribution in [3.63, 3.8) is 0 Å². The van der Waals surface area contributed by atoms with Gasteiger partial charge in [0.05, 0.1) is 29.6 Å². The number of carbonyl (C=O) groups is 1. The zero-order valence-electron chi connectivity index (χ0n) is 22.3. The average molecular weight is 494 g/mol. The molecule has 0 spiro atoms. The second-order valence-electron chi connectivity index (χ2n) is 9.46. The molecule has 1 aliphatic heterocycles. The SMILES string of the molecule is CCN(CC)CCCNC(=O)C1CCN(c2nnc(C)c3c(C)n(-c4ccc(OC)cc4)nc23)CC1. The Morgan fingerprint density at radius 3 is 2.44 bits per heavy atom. The van der Waals surface area contributed by atoms with Crippen molar-refractivity contribution in [3.8, 4) is 11.4 Å². The monoisotopic (exact) mass is 493 g/mol. The van der Waals surface area contributed by atoms with Crippen LogP contribution in [0.2, 0.25) is 0 Å². The summed E-state index contributed by atoms with van der Waals surface area (Å²) in [6.07, 6.45) is 2.59. The number of aromatic nitrogens is 4. The molecule has 0 radical (unpaired) electrons. The number of methoxy groups -OCH3 is 1. The van der Waals surface area contributed by atoms with E-state index < -0.39 is 0 Å². The number of amides is 1. The number of aryl methyl sites for hydroxylation is 2. The van der Waals surface area contributed by atoms with Gasteiger partial charge < -0.3 is 19.9 Å². The van der Waals surface area contributed by atoms with E-state index in [0.717, 1.165) is 98.1 Å². The Bertz CT molecular complexity index is 1160. The van der Waals surface area contributed by atoms with Crippen molar-refractivity contribution in [2.24, 2.45) is 5.92 Å². The minimum atomic E-state index is 0.0437. The van der Waals surface area contributed by atoms with Gasteiger partial charge in [-0.3, -0.25) is 4.79 Å². The molecule has 0 aliphatic carbocycles. The van der Waals surface area contributed by atoms with Gasteiger partial charge in [0.2, 0.25) is 5.91 Å². The zero-order valence-corrected chi connectivity index (χ0v) is 22.3. The molecule has 1 saturated heterocycles. The fraction of sp³-hybridized carbons (Fsp3) is 0.556. The van der Waals surface area contributed by atoms with E-state index in [9.17, 15) is 4.79 Å². The average Bonchev–Trinajstić information content (AvgIpc) is 3.27. The quantitative estimate of drug-likeness (QED) is 0.433. The van der Waals surface area contributed by atoms with E-state index in [1.165, 1.54) is 0 Å². The maximum Gasteiger partial charge on any atom is 0.223 e. The number of hydrogen-bond donors (Lipinski definition) is 1. The van der Waals surface area contributed by atoms with Crippen molar-refractivity contribution in [2.45, 2.75) is 47.0 Å². The predicted octanol–water partition coefficient (Wildman–Crippen LogP) is 3.51. The van der Waals surface area contributed by atoms with Gasteiger partial charge >= 0.3 is 0 Å². The normalized spacial score (nSPS) is 14.6. The molecule has 194 valence electrons. The molecule has 0 atom stereocenters. The molecule has 3 aromatic rings. The Morgan fingerprint density at radius 1 is 1.11 bits per heavy atom. The molecule has 1 aliphatic rings. The molecule has 2 aromatic heterocycles. The molecule has 0 bridgehead atoms. The van der Waals surface area contributed by atoms with E-state index in [0.29, 0.717) is 0 Å². The largest absolute Gasteiger partial charge is 0.497 e. The van der Waals surface area contributed by atoms with E-state index in [4.69, 9.17) is 9.84 Å². The number of fused-ring (bicyclic) bond motifs is 1.